The number of hydrogen-bond acceptors (Lipinski definition) is 5. The van der Waals surface area contributed by atoms with Crippen LogP contribution in [0.15, 0.2) is 45.7 Å². The Bertz CT molecular complexity index is 1010. The van der Waals surface area contributed by atoms with E-state index in [0.717, 1.165) is 28.8 Å². The zero-order valence-corrected chi connectivity index (χ0v) is 18.0. The lowest BCUT2D eigenvalue weighted by atomic mass is 10.1. The molecule has 1 N–H and O–H groups in total. The Morgan fingerprint density at radius 2 is 2.04 bits per heavy atom. The number of nitrogens with one attached hydrogen (secondary N) is 1. The van der Waals surface area contributed by atoms with Crippen LogP contribution in [0.2, 0.25) is 0 Å². The van der Waals surface area contributed by atoms with Gasteiger partial charge in [0.05, 0.1) is 11.1 Å². The summed E-state index contributed by atoms with van der Waals surface area (Å²) in [6, 6.07) is 10.1. The number of fused-ring (bicyclic) bond motifs is 1. The van der Waals surface area contributed by atoms with E-state index in [4.69, 9.17) is 4.98 Å². The molecule has 28 heavy (non-hydrogen) atoms. The molecule has 1 atom stereocenters. The van der Waals surface area contributed by atoms with Crippen molar-refractivity contribution in [3.63, 3.8) is 0 Å². The van der Waals surface area contributed by atoms with Gasteiger partial charge in [-0.15, -0.1) is 11.3 Å². The molecule has 2 aromatic heterocycles. The van der Waals surface area contributed by atoms with Gasteiger partial charge in [-0.3, -0.25) is 14.2 Å². The molecule has 0 spiro atoms. The minimum absolute atomic E-state index is 0.0286. The van der Waals surface area contributed by atoms with Crippen molar-refractivity contribution in [3.8, 4) is 11.1 Å². The molecule has 1 aromatic carbocycles. The van der Waals surface area contributed by atoms with Gasteiger partial charge in [0.25, 0.3) is 5.56 Å². The number of thioether (sulfide) groups is 1. The van der Waals surface area contributed by atoms with E-state index >= 15 is 0 Å². The highest BCUT2D eigenvalue weighted by Crippen LogP contribution is 2.32. The summed E-state index contributed by atoms with van der Waals surface area (Å²) >= 11 is 2.79. The van der Waals surface area contributed by atoms with Gasteiger partial charge in [0, 0.05) is 23.5 Å². The standard InChI is InChI=1S/C21H25N3O2S2/c1-4-9-14(3)22-17(25)13-28-21-23-19-18(20(26)24(21)5-2)16(12-27-19)15-10-7-6-8-11-15/h6-8,10-12,14H,4-5,9,13H2,1-3H3,(H,22,25)/t14-/m1/s1. The van der Waals surface area contributed by atoms with Crippen molar-refractivity contribution in [1.29, 1.82) is 0 Å². The molecular weight excluding hydrogens is 390 g/mol. The summed E-state index contributed by atoms with van der Waals surface area (Å²) in [7, 11) is 0. The first-order valence-corrected chi connectivity index (χ1v) is 11.4. The second-order valence-electron chi connectivity index (χ2n) is 6.69. The minimum atomic E-state index is -0.0464. The molecule has 0 fully saturated rings. The van der Waals surface area contributed by atoms with E-state index in [1.807, 2.05) is 49.6 Å². The third-order valence-corrected chi connectivity index (χ3v) is 6.37. The molecule has 3 aromatic rings. The van der Waals surface area contributed by atoms with Gasteiger partial charge >= 0.3 is 0 Å². The van der Waals surface area contributed by atoms with Crippen LogP contribution in [0.1, 0.15) is 33.6 Å². The van der Waals surface area contributed by atoms with Crippen LogP contribution < -0.4 is 10.9 Å². The molecule has 0 unspecified atom stereocenters. The normalized spacial score (nSPS) is 12.2. The Kier molecular flexibility index (Phi) is 6.91. The van der Waals surface area contributed by atoms with E-state index in [1.54, 1.807) is 4.57 Å². The fraction of sp³-hybridized carbons (Fsp3) is 0.381. The van der Waals surface area contributed by atoms with Crippen LogP contribution in [0.25, 0.3) is 21.3 Å². The number of rotatable bonds is 8. The van der Waals surface area contributed by atoms with Crippen LogP contribution in [0.3, 0.4) is 0 Å². The fourth-order valence-electron chi connectivity index (χ4n) is 3.18. The van der Waals surface area contributed by atoms with E-state index < -0.39 is 0 Å². The van der Waals surface area contributed by atoms with E-state index in [2.05, 4.69) is 12.2 Å². The van der Waals surface area contributed by atoms with Gasteiger partial charge in [-0.2, -0.15) is 0 Å². The van der Waals surface area contributed by atoms with Gasteiger partial charge in [0.1, 0.15) is 4.83 Å². The van der Waals surface area contributed by atoms with Crippen LogP contribution in [0.5, 0.6) is 0 Å². The first-order chi connectivity index (χ1) is 13.5. The second kappa shape index (κ2) is 9.39. The topological polar surface area (TPSA) is 64.0 Å². The predicted molar refractivity (Wildman–Crippen MR) is 118 cm³/mol. The van der Waals surface area contributed by atoms with E-state index in [1.165, 1.54) is 23.1 Å². The number of amides is 1. The molecule has 0 saturated heterocycles. The van der Waals surface area contributed by atoms with Crippen molar-refractivity contribution >= 4 is 39.2 Å². The fourth-order valence-corrected chi connectivity index (χ4v) is 5.04. The number of nitrogens with zero attached hydrogens (tertiary/aromatic N) is 2. The molecule has 0 aliphatic heterocycles. The molecular formula is C21H25N3O2S2. The highest BCUT2D eigenvalue weighted by atomic mass is 32.2. The molecule has 3 rings (SSSR count). The molecule has 0 saturated carbocycles. The van der Waals surface area contributed by atoms with Crippen LogP contribution in [-0.4, -0.2) is 27.3 Å². The van der Waals surface area contributed by atoms with Crippen molar-refractivity contribution in [2.75, 3.05) is 5.75 Å². The molecule has 1 amide bonds. The molecule has 7 heteroatoms. The Labute approximate surface area is 173 Å². The van der Waals surface area contributed by atoms with Crippen molar-refractivity contribution in [2.24, 2.45) is 0 Å². The highest BCUT2D eigenvalue weighted by molar-refractivity contribution is 7.99. The Hall–Kier alpha value is -2.12. The lowest BCUT2D eigenvalue weighted by molar-refractivity contribution is -0.119. The van der Waals surface area contributed by atoms with E-state index in [-0.39, 0.29) is 23.3 Å². The number of hydrogen-bond donors (Lipinski definition) is 1. The quantitative estimate of drug-likeness (QED) is 0.433. The van der Waals surface area contributed by atoms with Gasteiger partial charge in [-0.25, -0.2) is 4.98 Å². The SMILES string of the molecule is CCC[C@@H](C)NC(=O)CSc1nc2scc(-c3ccccc3)c2c(=O)n1CC. The van der Waals surface area contributed by atoms with Gasteiger partial charge in [-0.1, -0.05) is 55.4 Å². The lowest BCUT2D eigenvalue weighted by Gasteiger charge is -2.13. The van der Waals surface area contributed by atoms with E-state index in [0.29, 0.717) is 17.1 Å². The van der Waals surface area contributed by atoms with Crippen molar-refractivity contribution in [2.45, 2.75) is 51.4 Å². The number of thiophene rings is 1. The number of carbonyl (C=O) groups excluding carboxylic acids is 1. The van der Waals surface area contributed by atoms with Gasteiger partial charge < -0.3 is 5.32 Å². The largest absolute Gasteiger partial charge is 0.353 e. The minimum Gasteiger partial charge on any atom is -0.353 e. The molecule has 5 nitrogen and oxygen atoms in total. The van der Waals surface area contributed by atoms with Crippen molar-refractivity contribution < 1.29 is 4.79 Å². The summed E-state index contributed by atoms with van der Waals surface area (Å²) in [4.78, 5) is 30.8. The molecule has 0 bridgehead atoms. The third-order valence-electron chi connectivity index (χ3n) is 4.52. The summed E-state index contributed by atoms with van der Waals surface area (Å²) in [5.74, 6) is 0.224. The first kappa shape index (κ1) is 20.6. The van der Waals surface area contributed by atoms with Crippen molar-refractivity contribution in [3.05, 3.63) is 46.1 Å². The van der Waals surface area contributed by atoms with Gasteiger partial charge in [0.2, 0.25) is 5.91 Å². The summed E-state index contributed by atoms with van der Waals surface area (Å²) in [5.41, 5.74) is 1.89. The number of carbonyl (C=O) groups is 1. The maximum atomic E-state index is 13.2. The molecule has 0 aliphatic rings. The maximum Gasteiger partial charge on any atom is 0.263 e. The van der Waals surface area contributed by atoms with Crippen LogP contribution in [-0.2, 0) is 11.3 Å². The Morgan fingerprint density at radius 3 is 2.71 bits per heavy atom. The summed E-state index contributed by atoms with van der Waals surface area (Å²) in [6.07, 6.45) is 1.99. The average Bonchev–Trinajstić information content (AvgIpc) is 3.11. The van der Waals surface area contributed by atoms with Gasteiger partial charge in [-0.05, 0) is 25.8 Å². The number of aromatic nitrogens is 2. The molecule has 2 heterocycles. The Balaban J connectivity index is 1.89. The van der Waals surface area contributed by atoms with Crippen LogP contribution in [0.4, 0.5) is 0 Å². The summed E-state index contributed by atoms with van der Waals surface area (Å²) in [5, 5.41) is 6.23. The zero-order chi connectivity index (χ0) is 20.1. The highest BCUT2D eigenvalue weighted by Gasteiger charge is 2.17. The predicted octanol–water partition coefficient (Wildman–Crippen LogP) is 4.54. The lowest BCUT2D eigenvalue weighted by Crippen LogP contribution is -2.34. The van der Waals surface area contributed by atoms with Crippen LogP contribution >= 0.6 is 23.1 Å². The zero-order valence-electron chi connectivity index (χ0n) is 16.4. The van der Waals surface area contributed by atoms with Gasteiger partial charge in [0.15, 0.2) is 5.16 Å². The first-order valence-electron chi connectivity index (χ1n) is 9.54. The summed E-state index contributed by atoms with van der Waals surface area (Å²) in [6.45, 7) is 6.55. The van der Waals surface area contributed by atoms with Crippen LogP contribution in [0, 0.1) is 0 Å². The second-order valence-corrected chi connectivity index (χ2v) is 8.49. The molecule has 0 aliphatic carbocycles. The third kappa shape index (κ3) is 4.47. The maximum absolute atomic E-state index is 13.2. The Morgan fingerprint density at radius 1 is 1.29 bits per heavy atom. The van der Waals surface area contributed by atoms with Crippen molar-refractivity contribution in [1.82, 2.24) is 14.9 Å². The molecule has 148 valence electrons. The smallest absolute Gasteiger partial charge is 0.263 e. The number of benzene rings is 1. The average molecular weight is 416 g/mol. The molecule has 0 radical (unpaired) electrons. The summed E-state index contributed by atoms with van der Waals surface area (Å²) < 4.78 is 1.66. The monoisotopic (exact) mass is 415 g/mol. The van der Waals surface area contributed by atoms with E-state index in [9.17, 15) is 9.59 Å².